The quantitative estimate of drug-likeness (QED) is 0.0145. The van der Waals surface area contributed by atoms with Gasteiger partial charge in [-0.05, 0) is 38.5 Å². The predicted molar refractivity (Wildman–Crippen MR) is 291 cm³/mol. The van der Waals surface area contributed by atoms with Gasteiger partial charge in [0, 0.05) is 12.8 Å². The zero-order valence-corrected chi connectivity index (χ0v) is 46.9. The maximum Gasteiger partial charge on any atom is 0.472 e. The molecule has 426 valence electrons. The van der Waals surface area contributed by atoms with Crippen molar-refractivity contribution in [3.8, 4) is 0 Å². The molecule has 1 fully saturated rings. The molecule has 13 nitrogen and oxygen atoms in total. The van der Waals surface area contributed by atoms with E-state index >= 15 is 0 Å². The van der Waals surface area contributed by atoms with Gasteiger partial charge in [-0.1, -0.05) is 251 Å². The molecule has 0 aromatic carbocycles. The molecule has 14 heteroatoms. The number of phosphoric acid groups is 1. The molecule has 1 aliphatic rings. The highest BCUT2D eigenvalue weighted by Crippen LogP contribution is 2.47. The Morgan fingerprint density at radius 1 is 0.417 bits per heavy atom. The Labute approximate surface area is 439 Å². The number of allylic oxidation sites excluding steroid dienone is 2. The van der Waals surface area contributed by atoms with Gasteiger partial charge in [0.2, 0.25) is 0 Å². The van der Waals surface area contributed by atoms with Crippen LogP contribution in [0.5, 0.6) is 0 Å². The molecule has 0 amide bonds. The summed E-state index contributed by atoms with van der Waals surface area (Å²) in [7, 11) is -5.12. The molecule has 1 aliphatic carbocycles. The zero-order valence-electron chi connectivity index (χ0n) is 46.0. The monoisotopic (exact) mass is 1050 g/mol. The van der Waals surface area contributed by atoms with Crippen LogP contribution in [0.4, 0.5) is 0 Å². The first-order valence-corrected chi connectivity index (χ1v) is 31.5. The standard InChI is InChI=1S/C58H111O13P/c1-3-5-7-9-11-13-15-17-19-21-23-24-25-26-27-29-30-32-34-36-38-40-42-44-46-51(59)68-48-50(49-69-72(66,67)71-58-56(64)54(62)53(61)55(63)57(58)65)70-52(60)47-45-43-41-39-37-35-33-31-28-22-20-18-16-14-12-10-8-6-4-2/h18,20,50,53-58,61-65H,3-17,19,21-49H2,1-2H3,(H,66,67)/b20-18-. The molecule has 6 atom stereocenters. The van der Waals surface area contributed by atoms with E-state index in [1.807, 2.05) is 0 Å². The Balaban J connectivity index is 2.29. The van der Waals surface area contributed by atoms with Gasteiger partial charge >= 0.3 is 19.8 Å². The lowest BCUT2D eigenvalue weighted by Crippen LogP contribution is -2.64. The minimum absolute atomic E-state index is 0.0994. The van der Waals surface area contributed by atoms with Gasteiger partial charge in [-0.2, -0.15) is 0 Å². The highest BCUT2D eigenvalue weighted by Gasteiger charge is 2.51. The summed E-state index contributed by atoms with van der Waals surface area (Å²) >= 11 is 0. The van der Waals surface area contributed by atoms with Gasteiger partial charge in [0.15, 0.2) is 6.10 Å². The number of ether oxygens (including phenoxy) is 2. The zero-order chi connectivity index (χ0) is 52.8. The topological polar surface area (TPSA) is 210 Å². The van der Waals surface area contributed by atoms with Gasteiger partial charge in [-0.3, -0.25) is 18.6 Å². The minimum atomic E-state index is -5.12. The van der Waals surface area contributed by atoms with Crippen LogP contribution in [0.3, 0.4) is 0 Å². The van der Waals surface area contributed by atoms with E-state index in [0.29, 0.717) is 12.8 Å². The number of unbranched alkanes of at least 4 members (excludes halogenated alkanes) is 38. The van der Waals surface area contributed by atoms with Crippen LogP contribution in [0.15, 0.2) is 12.2 Å². The summed E-state index contributed by atoms with van der Waals surface area (Å²) in [6.45, 7) is 3.37. The second-order valence-electron chi connectivity index (χ2n) is 21.2. The van der Waals surface area contributed by atoms with E-state index in [4.69, 9.17) is 18.5 Å². The Morgan fingerprint density at radius 2 is 0.708 bits per heavy atom. The molecular formula is C58H111O13P. The highest BCUT2D eigenvalue weighted by molar-refractivity contribution is 7.47. The van der Waals surface area contributed by atoms with Crippen molar-refractivity contribution in [1.82, 2.24) is 0 Å². The summed E-state index contributed by atoms with van der Waals surface area (Å²) in [5.74, 6) is -1.08. The molecule has 0 spiro atoms. The molecule has 0 saturated heterocycles. The third kappa shape index (κ3) is 39.0. The van der Waals surface area contributed by atoms with E-state index in [9.17, 15) is 44.6 Å². The molecule has 1 saturated carbocycles. The Hall–Kier alpha value is -1.41. The van der Waals surface area contributed by atoms with Gasteiger partial charge in [0.05, 0.1) is 6.61 Å². The Kier molecular flexibility index (Phi) is 45.7. The fourth-order valence-corrected chi connectivity index (χ4v) is 10.6. The smallest absolute Gasteiger partial charge is 0.462 e. The molecule has 6 unspecified atom stereocenters. The van der Waals surface area contributed by atoms with Gasteiger partial charge < -0.3 is 39.9 Å². The van der Waals surface area contributed by atoms with Crippen molar-refractivity contribution in [2.24, 2.45) is 0 Å². The van der Waals surface area contributed by atoms with E-state index in [2.05, 4.69) is 26.0 Å². The Morgan fingerprint density at radius 3 is 1.06 bits per heavy atom. The summed E-state index contributed by atoms with van der Waals surface area (Å²) in [6.07, 6.45) is 42.6. The average molecular weight is 1050 g/mol. The van der Waals surface area contributed by atoms with Crippen LogP contribution < -0.4 is 0 Å². The number of aliphatic hydroxyl groups excluding tert-OH is 5. The number of rotatable bonds is 52. The maximum absolute atomic E-state index is 12.9. The maximum atomic E-state index is 12.9. The van der Waals surface area contributed by atoms with Crippen LogP contribution >= 0.6 is 7.82 Å². The van der Waals surface area contributed by atoms with E-state index in [-0.39, 0.29) is 12.8 Å². The molecule has 1 rings (SSSR count). The number of esters is 2. The summed E-state index contributed by atoms with van der Waals surface area (Å²) in [4.78, 5) is 36.0. The summed E-state index contributed by atoms with van der Waals surface area (Å²) < 4.78 is 33.8. The molecule has 72 heavy (non-hydrogen) atoms. The van der Waals surface area contributed by atoms with Crippen molar-refractivity contribution in [2.75, 3.05) is 13.2 Å². The summed E-state index contributed by atoms with van der Waals surface area (Å²) in [5, 5.41) is 50.4. The van der Waals surface area contributed by atoms with Crippen molar-refractivity contribution < 1.29 is 63.1 Å². The number of aliphatic hydroxyl groups is 5. The lowest BCUT2D eigenvalue weighted by Gasteiger charge is -2.41. The van der Waals surface area contributed by atoms with Crippen molar-refractivity contribution in [3.63, 3.8) is 0 Å². The first-order chi connectivity index (χ1) is 34.9. The van der Waals surface area contributed by atoms with Gasteiger partial charge in [-0.25, -0.2) is 4.57 Å². The summed E-state index contributed by atoms with van der Waals surface area (Å²) in [5.41, 5.74) is 0. The van der Waals surface area contributed by atoms with Crippen molar-refractivity contribution in [2.45, 2.75) is 333 Å². The van der Waals surface area contributed by atoms with Crippen molar-refractivity contribution >= 4 is 19.8 Å². The Bertz CT molecular complexity index is 1300. The molecule has 0 aromatic rings. The molecule has 0 heterocycles. The van der Waals surface area contributed by atoms with Crippen LogP contribution in [0, 0.1) is 0 Å². The molecular weight excluding hydrogens is 936 g/mol. The van der Waals surface area contributed by atoms with Gasteiger partial charge in [0.25, 0.3) is 0 Å². The average Bonchev–Trinajstić information content (AvgIpc) is 3.36. The normalized spacial score (nSPS) is 20.5. The number of carbonyl (C=O) groups is 2. The second kappa shape index (κ2) is 48.0. The second-order valence-corrected chi connectivity index (χ2v) is 22.6. The van der Waals surface area contributed by atoms with Crippen molar-refractivity contribution in [1.29, 1.82) is 0 Å². The molecule has 0 aromatic heterocycles. The van der Waals surface area contributed by atoms with E-state index in [0.717, 1.165) is 51.4 Å². The molecule has 0 radical (unpaired) electrons. The fourth-order valence-electron chi connectivity index (χ4n) is 9.58. The predicted octanol–water partition coefficient (Wildman–Crippen LogP) is 14.1. The van der Waals surface area contributed by atoms with Crippen LogP contribution in [0.2, 0.25) is 0 Å². The van der Waals surface area contributed by atoms with Gasteiger partial charge in [-0.15, -0.1) is 0 Å². The molecule has 0 aliphatic heterocycles. The highest BCUT2D eigenvalue weighted by atomic mass is 31.2. The third-order valence-electron chi connectivity index (χ3n) is 14.4. The van der Waals surface area contributed by atoms with Gasteiger partial charge in [0.1, 0.15) is 43.2 Å². The largest absolute Gasteiger partial charge is 0.472 e. The van der Waals surface area contributed by atoms with E-state index in [1.165, 1.54) is 199 Å². The lowest BCUT2D eigenvalue weighted by molar-refractivity contribution is -0.220. The number of hydrogen-bond acceptors (Lipinski definition) is 12. The van der Waals surface area contributed by atoms with Crippen LogP contribution in [0.1, 0.15) is 290 Å². The lowest BCUT2D eigenvalue weighted by atomic mass is 9.85. The van der Waals surface area contributed by atoms with Crippen LogP contribution in [-0.2, 0) is 32.7 Å². The first-order valence-electron chi connectivity index (χ1n) is 30.0. The van der Waals surface area contributed by atoms with Crippen LogP contribution in [-0.4, -0.2) is 98.3 Å². The van der Waals surface area contributed by atoms with Crippen molar-refractivity contribution in [3.05, 3.63) is 12.2 Å². The first kappa shape index (κ1) is 68.6. The number of hydrogen-bond donors (Lipinski definition) is 6. The summed E-state index contributed by atoms with van der Waals surface area (Å²) in [6, 6.07) is 0. The third-order valence-corrected chi connectivity index (χ3v) is 15.3. The number of phosphoric ester groups is 1. The molecule has 6 N–H and O–H groups in total. The van der Waals surface area contributed by atoms with E-state index < -0.39 is 75.7 Å². The molecule has 0 bridgehead atoms. The number of carbonyl (C=O) groups excluding carboxylic acids is 2. The fraction of sp³-hybridized carbons (Fsp3) is 0.931. The minimum Gasteiger partial charge on any atom is -0.462 e. The van der Waals surface area contributed by atoms with Crippen LogP contribution in [0.25, 0.3) is 0 Å². The SMILES string of the molecule is CCCCCCCC/C=C\CCCCCCCCCCCC(=O)OC(COC(=O)CCCCCCCCCCCCCCCCCCCCCCCCCC)COP(=O)(O)OC1C(O)C(O)C(O)C(O)C1O. The van der Waals surface area contributed by atoms with E-state index in [1.54, 1.807) is 0 Å².